The Labute approximate surface area is 290 Å². The Morgan fingerprint density at radius 2 is 0.896 bits per heavy atom. The molecule has 5 aromatic heterocycles. The van der Waals surface area contributed by atoms with Crippen LogP contribution in [0.5, 0.6) is 0 Å². The second kappa shape index (κ2) is 11.2. The van der Waals surface area contributed by atoms with E-state index in [0.717, 1.165) is 28.8 Å². The molecule has 0 saturated heterocycles. The van der Waals surface area contributed by atoms with Crippen molar-refractivity contribution in [3.8, 4) is 55.9 Å². The summed E-state index contributed by atoms with van der Waals surface area (Å²) in [5.74, 6) is 0. The molecule has 0 radical (unpaired) electrons. The standard InChI is InChI=1S/C43H28N2S3/c1-2-8-27-14-30(13-26(27)7-1)34-20-46-21-35(34)31-15-32(36-22-47-24-38(36)42-18-28-9-3-5-11-40(28)44-42)17-33(16-31)37-23-48-25-39(37)43-19-29-10-4-6-12-41(29)45-43/h1-13,15-25,44-45H,14H2. The molecule has 0 fully saturated rings. The van der Waals surface area contributed by atoms with Crippen LogP contribution in [0.4, 0.5) is 0 Å². The van der Waals surface area contributed by atoms with Crippen molar-refractivity contribution >= 4 is 67.5 Å². The molecule has 0 bridgehead atoms. The maximum Gasteiger partial charge on any atom is 0.0479 e. The van der Waals surface area contributed by atoms with Gasteiger partial charge in [0.2, 0.25) is 0 Å². The number of H-pyrrole nitrogens is 2. The Bertz CT molecular complexity index is 2470. The van der Waals surface area contributed by atoms with E-state index < -0.39 is 0 Å². The van der Waals surface area contributed by atoms with Crippen LogP contribution < -0.4 is 0 Å². The highest BCUT2D eigenvalue weighted by atomic mass is 32.1. The van der Waals surface area contributed by atoms with E-state index >= 15 is 0 Å². The summed E-state index contributed by atoms with van der Waals surface area (Å²) in [6.45, 7) is 0. The largest absolute Gasteiger partial charge is 0.354 e. The molecule has 1 aliphatic carbocycles. The van der Waals surface area contributed by atoms with Gasteiger partial charge in [-0.05, 0) is 115 Å². The lowest BCUT2D eigenvalue weighted by atomic mass is 9.90. The third kappa shape index (κ3) is 4.66. The van der Waals surface area contributed by atoms with Gasteiger partial charge in [0.05, 0.1) is 0 Å². The van der Waals surface area contributed by atoms with Crippen LogP contribution in [0, 0.1) is 0 Å². The minimum absolute atomic E-state index is 0.969. The van der Waals surface area contributed by atoms with Gasteiger partial charge in [0, 0.05) is 66.2 Å². The van der Waals surface area contributed by atoms with Gasteiger partial charge in [-0.25, -0.2) is 0 Å². The second-order valence-corrected chi connectivity index (χ2v) is 14.7. The van der Waals surface area contributed by atoms with E-state index in [1.54, 1.807) is 34.0 Å². The zero-order valence-corrected chi connectivity index (χ0v) is 28.2. The van der Waals surface area contributed by atoms with Gasteiger partial charge >= 0.3 is 0 Å². The molecule has 2 N–H and O–H groups in total. The lowest BCUT2D eigenvalue weighted by Crippen LogP contribution is -1.90. The van der Waals surface area contributed by atoms with Crippen molar-refractivity contribution in [2.24, 2.45) is 0 Å². The first kappa shape index (κ1) is 27.9. The second-order valence-electron chi connectivity index (χ2n) is 12.5. The molecular weight excluding hydrogens is 641 g/mol. The van der Waals surface area contributed by atoms with Gasteiger partial charge in [-0.15, -0.1) is 0 Å². The van der Waals surface area contributed by atoms with Crippen LogP contribution in [0.3, 0.4) is 0 Å². The lowest BCUT2D eigenvalue weighted by molar-refractivity contribution is 1.32. The SMILES string of the molecule is C1=C(c2cscc2-c2cc(-c3cscc3-c3cc4ccccc4[nH]3)cc(-c3cscc3-c3cc4ccccc4[nH]3)c2)Cc2ccccc21. The molecule has 4 aromatic carbocycles. The van der Waals surface area contributed by atoms with E-state index in [1.165, 1.54) is 77.5 Å². The molecule has 48 heavy (non-hydrogen) atoms. The van der Waals surface area contributed by atoms with E-state index in [9.17, 15) is 0 Å². The number of fused-ring (bicyclic) bond motifs is 3. The van der Waals surface area contributed by atoms with Crippen LogP contribution in [-0.4, -0.2) is 9.97 Å². The molecule has 0 amide bonds. The highest BCUT2D eigenvalue weighted by Gasteiger charge is 2.21. The van der Waals surface area contributed by atoms with E-state index in [4.69, 9.17) is 0 Å². The normalized spacial score (nSPS) is 12.6. The molecule has 9 aromatic rings. The van der Waals surface area contributed by atoms with Crippen LogP contribution in [0.25, 0.3) is 89.4 Å². The van der Waals surface area contributed by atoms with Crippen LogP contribution in [0.2, 0.25) is 0 Å². The van der Waals surface area contributed by atoms with Crippen LogP contribution in [-0.2, 0) is 6.42 Å². The Kier molecular flexibility index (Phi) is 6.51. The summed E-state index contributed by atoms with van der Waals surface area (Å²) in [6, 6.07) is 37.6. The zero-order valence-electron chi connectivity index (χ0n) is 25.8. The van der Waals surface area contributed by atoms with Gasteiger partial charge in [-0.3, -0.25) is 0 Å². The predicted molar refractivity (Wildman–Crippen MR) is 209 cm³/mol. The number of rotatable bonds is 6. The van der Waals surface area contributed by atoms with Crippen LogP contribution >= 0.6 is 34.0 Å². The summed E-state index contributed by atoms with van der Waals surface area (Å²) in [6.07, 6.45) is 3.35. The molecule has 2 nitrogen and oxygen atoms in total. The van der Waals surface area contributed by atoms with Crippen molar-refractivity contribution < 1.29 is 0 Å². The topological polar surface area (TPSA) is 31.6 Å². The Hall–Kier alpha value is -5.20. The molecule has 0 aliphatic heterocycles. The monoisotopic (exact) mass is 668 g/mol. The summed E-state index contributed by atoms with van der Waals surface area (Å²) < 4.78 is 0. The fourth-order valence-corrected chi connectivity index (χ4v) is 9.81. The van der Waals surface area contributed by atoms with Gasteiger partial charge in [-0.2, -0.15) is 34.0 Å². The highest BCUT2D eigenvalue weighted by Crippen LogP contribution is 2.45. The number of aromatic amines is 2. The molecule has 10 rings (SSSR count). The van der Waals surface area contributed by atoms with Gasteiger partial charge in [0.15, 0.2) is 0 Å². The lowest BCUT2D eigenvalue weighted by Gasteiger charge is -2.13. The molecule has 228 valence electrons. The van der Waals surface area contributed by atoms with E-state index in [2.05, 4.69) is 151 Å². The van der Waals surface area contributed by atoms with Gasteiger partial charge in [0.25, 0.3) is 0 Å². The number of para-hydroxylation sites is 2. The molecule has 0 unspecified atom stereocenters. The molecule has 5 heterocycles. The van der Waals surface area contributed by atoms with Crippen molar-refractivity contribution in [3.63, 3.8) is 0 Å². The molecule has 1 aliphatic rings. The first-order valence-corrected chi connectivity index (χ1v) is 18.9. The fourth-order valence-electron chi connectivity index (χ4n) is 7.21. The third-order valence-electron chi connectivity index (χ3n) is 9.60. The Morgan fingerprint density at radius 3 is 1.44 bits per heavy atom. The van der Waals surface area contributed by atoms with Gasteiger partial charge in [-0.1, -0.05) is 66.7 Å². The molecule has 0 spiro atoms. The van der Waals surface area contributed by atoms with Crippen LogP contribution in [0.15, 0.2) is 135 Å². The molecule has 0 saturated carbocycles. The average Bonchev–Trinajstić information content (AvgIpc) is 3.97. The number of aromatic nitrogens is 2. The quantitative estimate of drug-likeness (QED) is 0.177. The summed E-state index contributed by atoms with van der Waals surface area (Å²) in [5.41, 5.74) is 20.1. The number of benzene rings is 4. The summed E-state index contributed by atoms with van der Waals surface area (Å²) in [5, 5.41) is 16.3. The fraction of sp³-hybridized carbons (Fsp3) is 0.0233. The first-order valence-electron chi connectivity index (χ1n) is 16.0. The van der Waals surface area contributed by atoms with E-state index in [-0.39, 0.29) is 0 Å². The number of allylic oxidation sites excluding steroid dienone is 1. The Balaban J connectivity index is 1.15. The molecular formula is C43H28N2S3. The highest BCUT2D eigenvalue weighted by molar-refractivity contribution is 7.09. The van der Waals surface area contributed by atoms with Crippen molar-refractivity contribution in [2.75, 3.05) is 0 Å². The van der Waals surface area contributed by atoms with E-state index in [0.29, 0.717) is 0 Å². The zero-order chi connectivity index (χ0) is 31.6. The van der Waals surface area contributed by atoms with Gasteiger partial charge in [0.1, 0.15) is 0 Å². The summed E-state index contributed by atoms with van der Waals surface area (Å²) in [4.78, 5) is 7.38. The minimum atomic E-state index is 0.969. The third-order valence-corrected chi connectivity index (χ3v) is 11.8. The average molecular weight is 669 g/mol. The number of hydrogen-bond donors (Lipinski definition) is 2. The summed E-state index contributed by atoms with van der Waals surface area (Å²) >= 11 is 5.31. The number of hydrogen-bond acceptors (Lipinski definition) is 3. The first-order chi connectivity index (χ1) is 23.7. The molecule has 0 atom stereocenters. The number of thiophene rings is 3. The summed E-state index contributed by atoms with van der Waals surface area (Å²) in [7, 11) is 0. The minimum Gasteiger partial charge on any atom is -0.354 e. The van der Waals surface area contributed by atoms with Crippen molar-refractivity contribution in [3.05, 3.63) is 152 Å². The predicted octanol–water partition coefficient (Wildman–Crippen LogP) is 13.3. The van der Waals surface area contributed by atoms with Crippen molar-refractivity contribution in [2.45, 2.75) is 6.42 Å². The van der Waals surface area contributed by atoms with Gasteiger partial charge < -0.3 is 9.97 Å². The van der Waals surface area contributed by atoms with E-state index in [1.807, 2.05) is 0 Å². The molecule has 5 heteroatoms. The van der Waals surface area contributed by atoms with Crippen molar-refractivity contribution in [1.29, 1.82) is 0 Å². The smallest absolute Gasteiger partial charge is 0.0479 e. The van der Waals surface area contributed by atoms with Crippen LogP contribution in [0.1, 0.15) is 16.7 Å². The maximum absolute atomic E-state index is 3.69. The number of nitrogens with one attached hydrogen (secondary N) is 2. The maximum atomic E-state index is 3.69. The Morgan fingerprint density at radius 1 is 0.438 bits per heavy atom. The van der Waals surface area contributed by atoms with Crippen molar-refractivity contribution in [1.82, 2.24) is 9.97 Å².